The Labute approximate surface area is 149 Å². The lowest BCUT2D eigenvalue weighted by Crippen LogP contribution is -2.42. The van der Waals surface area contributed by atoms with E-state index < -0.39 is 6.61 Å². The first kappa shape index (κ1) is 18.2. The zero-order valence-electron chi connectivity index (χ0n) is 14.9. The SMILES string of the molecule is Cc1ccc(C2CC(C)CCN2C(=O)Nc2cc(OC(F)F)n(C)n2)o1. The Kier molecular flexibility index (Phi) is 5.15. The normalized spacial score (nSPS) is 20.5. The number of carbonyl (C=O) groups is 1. The third-order valence-corrected chi connectivity index (χ3v) is 4.50. The standard InChI is InChI=1S/C17H22F2N4O3/c1-10-6-7-23(12(8-10)13-5-4-11(2)25-13)17(24)20-14-9-15(22(3)21-14)26-16(18)19/h4-5,9-10,12,16H,6-8H2,1-3H3,(H,20,21,24). The Bertz CT molecular complexity index is 774. The number of carbonyl (C=O) groups excluding carboxylic acids is 1. The summed E-state index contributed by atoms with van der Waals surface area (Å²) in [6.45, 7) is 1.62. The topological polar surface area (TPSA) is 72.5 Å². The molecule has 0 radical (unpaired) electrons. The Morgan fingerprint density at radius 3 is 2.88 bits per heavy atom. The van der Waals surface area contributed by atoms with Crippen LogP contribution >= 0.6 is 0 Å². The van der Waals surface area contributed by atoms with E-state index in [1.165, 1.54) is 13.1 Å². The third-order valence-electron chi connectivity index (χ3n) is 4.50. The zero-order valence-corrected chi connectivity index (χ0v) is 14.9. The van der Waals surface area contributed by atoms with Crippen molar-refractivity contribution >= 4 is 11.8 Å². The van der Waals surface area contributed by atoms with Gasteiger partial charge in [0.15, 0.2) is 5.82 Å². The van der Waals surface area contributed by atoms with Crippen molar-refractivity contribution in [2.45, 2.75) is 39.3 Å². The molecule has 0 spiro atoms. The van der Waals surface area contributed by atoms with Crippen LogP contribution in [0, 0.1) is 12.8 Å². The van der Waals surface area contributed by atoms with Gasteiger partial charge in [-0.2, -0.15) is 13.9 Å². The summed E-state index contributed by atoms with van der Waals surface area (Å²) in [7, 11) is 1.46. The number of nitrogens with one attached hydrogen (secondary N) is 1. The maximum Gasteiger partial charge on any atom is 0.388 e. The van der Waals surface area contributed by atoms with Crippen LogP contribution in [0.1, 0.15) is 37.3 Å². The summed E-state index contributed by atoms with van der Waals surface area (Å²) in [5, 5.41) is 6.65. The zero-order chi connectivity index (χ0) is 18.8. The number of aromatic nitrogens is 2. The van der Waals surface area contributed by atoms with Crippen LogP contribution in [-0.4, -0.2) is 33.9 Å². The average Bonchev–Trinajstić information content (AvgIpc) is 3.13. The predicted molar refractivity (Wildman–Crippen MR) is 90.1 cm³/mol. The van der Waals surface area contributed by atoms with Crippen LogP contribution in [0.15, 0.2) is 22.6 Å². The first-order chi connectivity index (χ1) is 12.3. The van der Waals surface area contributed by atoms with E-state index in [0.717, 1.165) is 29.0 Å². The van der Waals surface area contributed by atoms with E-state index in [2.05, 4.69) is 22.1 Å². The third kappa shape index (κ3) is 3.97. The van der Waals surface area contributed by atoms with Crippen LogP contribution < -0.4 is 10.1 Å². The van der Waals surface area contributed by atoms with E-state index in [9.17, 15) is 13.6 Å². The highest BCUT2D eigenvalue weighted by Gasteiger charge is 2.33. The lowest BCUT2D eigenvalue weighted by Gasteiger charge is -2.37. The Balaban J connectivity index is 1.75. The Morgan fingerprint density at radius 2 is 2.23 bits per heavy atom. The number of aryl methyl sites for hydroxylation is 2. The molecule has 0 aliphatic carbocycles. The number of halogens is 2. The molecule has 2 atom stereocenters. The van der Waals surface area contributed by atoms with Gasteiger partial charge in [-0.05, 0) is 37.8 Å². The predicted octanol–water partition coefficient (Wildman–Crippen LogP) is 3.93. The van der Waals surface area contributed by atoms with Crippen LogP contribution in [0.2, 0.25) is 0 Å². The summed E-state index contributed by atoms with van der Waals surface area (Å²) >= 11 is 0. The second kappa shape index (κ2) is 7.35. The van der Waals surface area contributed by atoms with E-state index in [-0.39, 0.29) is 23.8 Å². The van der Waals surface area contributed by atoms with Crippen LogP contribution in [0.3, 0.4) is 0 Å². The Morgan fingerprint density at radius 1 is 1.46 bits per heavy atom. The molecule has 1 N–H and O–H groups in total. The number of ether oxygens (including phenoxy) is 1. The number of likely N-dealkylation sites (tertiary alicyclic amines) is 1. The van der Waals surface area contributed by atoms with Gasteiger partial charge in [-0.25, -0.2) is 9.48 Å². The number of hydrogen-bond acceptors (Lipinski definition) is 4. The fourth-order valence-electron chi connectivity index (χ4n) is 3.18. The highest BCUT2D eigenvalue weighted by Crippen LogP contribution is 2.35. The molecule has 2 aromatic rings. The van der Waals surface area contributed by atoms with Crippen molar-refractivity contribution < 1.29 is 22.7 Å². The van der Waals surface area contributed by atoms with Gasteiger partial charge in [-0.1, -0.05) is 6.92 Å². The summed E-state index contributed by atoms with van der Waals surface area (Å²) in [5.41, 5.74) is 0. The van der Waals surface area contributed by atoms with Gasteiger partial charge in [0.25, 0.3) is 0 Å². The van der Waals surface area contributed by atoms with Crippen molar-refractivity contribution in [3.05, 3.63) is 29.7 Å². The minimum Gasteiger partial charge on any atom is -0.464 e. The minimum atomic E-state index is -2.95. The molecule has 1 saturated heterocycles. The largest absolute Gasteiger partial charge is 0.464 e. The number of piperidine rings is 1. The number of rotatable bonds is 4. The molecule has 26 heavy (non-hydrogen) atoms. The molecule has 3 rings (SSSR count). The summed E-state index contributed by atoms with van der Waals surface area (Å²) in [4.78, 5) is 14.4. The molecule has 1 aliphatic rings. The van der Waals surface area contributed by atoms with Crippen LogP contribution in [0.25, 0.3) is 0 Å². The van der Waals surface area contributed by atoms with E-state index in [1.54, 1.807) is 4.90 Å². The van der Waals surface area contributed by atoms with Crippen LogP contribution in [0.5, 0.6) is 5.88 Å². The van der Waals surface area contributed by atoms with Gasteiger partial charge in [0.1, 0.15) is 11.5 Å². The number of anilines is 1. The van der Waals surface area contributed by atoms with Gasteiger partial charge in [0.05, 0.1) is 6.04 Å². The maximum atomic E-state index is 12.7. The molecule has 2 aromatic heterocycles. The van der Waals surface area contributed by atoms with Crippen molar-refractivity contribution in [1.82, 2.24) is 14.7 Å². The lowest BCUT2D eigenvalue weighted by atomic mass is 9.91. The van der Waals surface area contributed by atoms with Crippen molar-refractivity contribution in [3.63, 3.8) is 0 Å². The van der Waals surface area contributed by atoms with Crippen LogP contribution in [-0.2, 0) is 7.05 Å². The molecule has 0 bridgehead atoms. The quantitative estimate of drug-likeness (QED) is 0.888. The summed E-state index contributed by atoms with van der Waals surface area (Å²) < 4.78 is 36.0. The average molecular weight is 368 g/mol. The number of amides is 2. The Hall–Kier alpha value is -2.58. The molecule has 2 unspecified atom stereocenters. The maximum absolute atomic E-state index is 12.7. The van der Waals surface area contributed by atoms with Gasteiger partial charge in [0.2, 0.25) is 5.88 Å². The molecule has 1 aliphatic heterocycles. The molecule has 2 amide bonds. The fourth-order valence-corrected chi connectivity index (χ4v) is 3.18. The summed E-state index contributed by atoms with van der Waals surface area (Å²) in [6.07, 6.45) is 1.67. The van der Waals surface area contributed by atoms with Gasteiger partial charge in [-0.15, -0.1) is 0 Å². The van der Waals surface area contributed by atoms with Crippen molar-refractivity contribution in [2.24, 2.45) is 13.0 Å². The van der Waals surface area contributed by atoms with Gasteiger partial charge < -0.3 is 14.1 Å². The first-order valence-corrected chi connectivity index (χ1v) is 8.46. The molecule has 3 heterocycles. The monoisotopic (exact) mass is 368 g/mol. The first-order valence-electron chi connectivity index (χ1n) is 8.46. The minimum absolute atomic E-state index is 0.124. The number of furan rings is 1. The van der Waals surface area contributed by atoms with E-state index in [0.29, 0.717) is 12.5 Å². The van der Waals surface area contributed by atoms with Crippen molar-refractivity contribution in [3.8, 4) is 5.88 Å². The second-order valence-corrected chi connectivity index (χ2v) is 6.59. The molecular weight excluding hydrogens is 346 g/mol. The number of nitrogens with zero attached hydrogens (tertiary/aromatic N) is 3. The summed E-state index contributed by atoms with van der Waals surface area (Å²) in [6, 6.07) is 4.50. The molecule has 0 aromatic carbocycles. The lowest BCUT2D eigenvalue weighted by molar-refractivity contribution is -0.0553. The summed E-state index contributed by atoms with van der Waals surface area (Å²) in [5.74, 6) is 2.03. The smallest absolute Gasteiger partial charge is 0.388 e. The van der Waals surface area contributed by atoms with Gasteiger partial charge in [-0.3, -0.25) is 5.32 Å². The molecule has 7 nitrogen and oxygen atoms in total. The van der Waals surface area contributed by atoms with Gasteiger partial charge >= 0.3 is 12.6 Å². The highest BCUT2D eigenvalue weighted by atomic mass is 19.3. The van der Waals surface area contributed by atoms with E-state index in [1.807, 2.05) is 19.1 Å². The fraction of sp³-hybridized carbons (Fsp3) is 0.529. The molecule has 1 fully saturated rings. The van der Waals surface area contributed by atoms with E-state index in [4.69, 9.17) is 4.42 Å². The van der Waals surface area contributed by atoms with E-state index >= 15 is 0 Å². The number of urea groups is 1. The molecule has 9 heteroatoms. The van der Waals surface area contributed by atoms with Crippen molar-refractivity contribution in [2.75, 3.05) is 11.9 Å². The molecule has 0 saturated carbocycles. The van der Waals surface area contributed by atoms with Crippen LogP contribution in [0.4, 0.5) is 19.4 Å². The number of alkyl halides is 2. The second-order valence-electron chi connectivity index (χ2n) is 6.59. The molecular formula is C17H22F2N4O3. The van der Waals surface area contributed by atoms with Gasteiger partial charge in [0, 0.05) is 19.7 Å². The number of hydrogen-bond donors (Lipinski definition) is 1. The highest BCUT2D eigenvalue weighted by molar-refractivity contribution is 5.88. The molecule has 142 valence electrons. The van der Waals surface area contributed by atoms with Crippen molar-refractivity contribution in [1.29, 1.82) is 0 Å².